The van der Waals surface area contributed by atoms with E-state index in [-0.39, 0.29) is 0 Å². The van der Waals surface area contributed by atoms with Gasteiger partial charge >= 0.3 is 0 Å². The molecule has 0 aromatic carbocycles. The number of hydrogen-bond acceptors (Lipinski definition) is 2. The Bertz CT molecular complexity index is 278. The van der Waals surface area contributed by atoms with Crippen molar-refractivity contribution < 1.29 is 0 Å². The first-order valence-corrected chi connectivity index (χ1v) is 5.53. The monoisotopic (exact) mass is 210 g/mol. The van der Waals surface area contributed by atoms with Gasteiger partial charge < -0.3 is 5.32 Å². The summed E-state index contributed by atoms with van der Waals surface area (Å²) in [6, 6.07) is 3.94. The predicted octanol–water partition coefficient (Wildman–Crippen LogP) is 2.28. The van der Waals surface area contributed by atoms with Gasteiger partial charge in [-0.15, -0.1) is 0 Å². The summed E-state index contributed by atoms with van der Waals surface area (Å²) in [6.07, 6.45) is 5.63. The second-order valence-corrected chi connectivity index (χ2v) is 4.29. The molecule has 0 bridgehead atoms. The summed E-state index contributed by atoms with van der Waals surface area (Å²) in [7, 11) is 0. The number of pyridine rings is 1. The highest BCUT2D eigenvalue weighted by Gasteiger charge is 2.13. The van der Waals surface area contributed by atoms with Crippen molar-refractivity contribution in [3.63, 3.8) is 0 Å². The number of nitrogens with zero attached hydrogens (tertiary/aromatic N) is 1. The summed E-state index contributed by atoms with van der Waals surface area (Å²) in [5, 5.41) is 4.00. The molecule has 0 unspecified atom stereocenters. The molecule has 3 heteroatoms. The molecule has 1 aromatic heterocycles. The number of nitrogens with one attached hydrogen (secondary N) is 1. The minimum atomic E-state index is 0.579. The van der Waals surface area contributed by atoms with Crippen LogP contribution in [0.15, 0.2) is 18.3 Å². The van der Waals surface area contributed by atoms with Gasteiger partial charge in [0.05, 0.1) is 0 Å². The summed E-state index contributed by atoms with van der Waals surface area (Å²) < 4.78 is 0. The van der Waals surface area contributed by atoms with Crippen molar-refractivity contribution in [2.45, 2.75) is 19.3 Å². The summed E-state index contributed by atoms with van der Waals surface area (Å²) in [5.41, 5.74) is 1.29. The molecule has 0 aliphatic carbocycles. The fraction of sp³-hybridized carbons (Fsp3) is 0.545. The number of hydrogen-bond donors (Lipinski definition) is 1. The van der Waals surface area contributed by atoms with Crippen LogP contribution in [0.25, 0.3) is 0 Å². The zero-order valence-corrected chi connectivity index (χ0v) is 8.93. The highest BCUT2D eigenvalue weighted by molar-refractivity contribution is 6.29. The standard InChI is InChI=1S/C11H15ClN2/c12-11-4-3-10(8-14-11)6-9-2-1-5-13-7-9/h3-4,8-9,13H,1-2,5-7H2/t9-/m1/s1. The minimum absolute atomic E-state index is 0.579. The van der Waals surface area contributed by atoms with Crippen molar-refractivity contribution in [1.29, 1.82) is 0 Å². The van der Waals surface area contributed by atoms with Crippen LogP contribution in [0, 0.1) is 5.92 Å². The normalized spacial score (nSPS) is 22.2. The predicted molar refractivity (Wildman–Crippen MR) is 58.5 cm³/mol. The lowest BCUT2D eigenvalue weighted by atomic mass is 9.93. The number of halogens is 1. The maximum atomic E-state index is 5.73. The summed E-state index contributed by atoms with van der Waals surface area (Å²) in [6.45, 7) is 2.32. The molecule has 0 spiro atoms. The van der Waals surface area contributed by atoms with Gasteiger partial charge in [0.2, 0.25) is 0 Å². The molecule has 1 aliphatic heterocycles. The van der Waals surface area contributed by atoms with Crippen LogP contribution in [0.3, 0.4) is 0 Å². The van der Waals surface area contributed by atoms with E-state index in [2.05, 4.69) is 16.4 Å². The Labute approximate surface area is 89.7 Å². The smallest absolute Gasteiger partial charge is 0.129 e. The second-order valence-electron chi connectivity index (χ2n) is 3.91. The Kier molecular flexibility index (Phi) is 3.38. The van der Waals surface area contributed by atoms with Gasteiger partial charge in [-0.1, -0.05) is 17.7 Å². The lowest BCUT2D eigenvalue weighted by molar-refractivity contribution is 0.376. The lowest BCUT2D eigenvalue weighted by Gasteiger charge is -2.22. The molecule has 2 heterocycles. The first-order valence-electron chi connectivity index (χ1n) is 5.16. The van der Waals surface area contributed by atoms with E-state index in [9.17, 15) is 0 Å². The molecule has 76 valence electrons. The number of piperidine rings is 1. The molecule has 1 atom stereocenters. The van der Waals surface area contributed by atoms with Crippen molar-refractivity contribution in [1.82, 2.24) is 10.3 Å². The van der Waals surface area contributed by atoms with Crippen LogP contribution in [0.2, 0.25) is 5.15 Å². The molecule has 14 heavy (non-hydrogen) atoms. The molecule has 0 saturated carbocycles. The van der Waals surface area contributed by atoms with Gasteiger partial charge in [0, 0.05) is 6.20 Å². The summed E-state index contributed by atoms with van der Waals surface area (Å²) >= 11 is 5.73. The van der Waals surface area contributed by atoms with Gasteiger partial charge in [0.1, 0.15) is 5.15 Å². The minimum Gasteiger partial charge on any atom is -0.316 e. The van der Waals surface area contributed by atoms with Crippen LogP contribution in [0.4, 0.5) is 0 Å². The average Bonchev–Trinajstić information content (AvgIpc) is 2.23. The van der Waals surface area contributed by atoms with E-state index in [0.717, 1.165) is 18.9 Å². The molecular weight excluding hydrogens is 196 g/mol. The molecular formula is C11H15ClN2. The third kappa shape index (κ3) is 2.69. The summed E-state index contributed by atoms with van der Waals surface area (Å²) in [5.74, 6) is 0.770. The average molecular weight is 211 g/mol. The van der Waals surface area contributed by atoms with Crippen LogP contribution in [0.5, 0.6) is 0 Å². The topological polar surface area (TPSA) is 24.9 Å². The maximum Gasteiger partial charge on any atom is 0.129 e. The van der Waals surface area contributed by atoms with Crippen LogP contribution in [-0.2, 0) is 6.42 Å². The van der Waals surface area contributed by atoms with E-state index < -0.39 is 0 Å². The molecule has 1 aromatic rings. The van der Waals surface area contributed by atoms with Gasteiger partial charge in [-0.2, -0.15) is 0 Å². The van der Waals surface area contributed by atoms with Gasteiger partial charge in [0.25, 0.3) is 0 Å². The van der Waals surface area contributed by atoms with E-state index in [1.165, 1.54) is 24.9 Å². The van der Waals surface area contributed by atoms with Crippen molar-refractivity contribution in [2.24, 2.45) is 5.92 Å². The SMILES string of the molecule is Clc1ccc(C[C@H]2CCCNC2)cn1. The van der Waals surface area contributed by atoms with Gasteiger partial charge in [0.15, 0.2) is 0 Å². The molecule has 2 rings (SSSR count). The van der Waals surface area contributed by atoms with Crippen LogP contribution in [0.1, 0.15) is 18.4 Å². The maximum absolute atomic E-state index is 5.73. The summed E-state index contributed by atoms with van der Waals surface area (Å²) in [4.78, 5) is 4.09. The molecule has 1 N–H and O–H groups in total. The first kappa shape index (κ1) is 9.94. The van der Waals surface area contributed by atoms with E-state index in [4.69, 9.17) is 11.6 Å². The van der Waals surface area contributed by atoms with Crippen LogP contribution >= 0.6 is 11.6 Å². The van der Waals surface area contributed by atoms with Crippen molar-refractivity contribution in [2.75, 3.05) is 13.1 Å². The fourth-order valence-corrected chi connectivity index (χ4v) is 2.07. The number of rotatable bonds is 2. The van der Waals surface area contributed by atoms with E-state index >= 15 is 0 Å². The fourth-order valence-electron chi connectivity index (χ4n) is 1.96. The van der Waals surface area contributed by atoms with Gasteiger partial charge in [-0.25, -0.2) is 4.98 Å². The second kappa shape index (κ2) is 4.76. The van der Waals surface area contributed by atoms with Crippen molar-refractivity contribution in [3.05, 3.63) is 29.0 Å². The zero-order chi connectivity index (χ0) is 9.80. The largest absolute Gasteiger partial charge is 0.316 e. The third-order valence-corrected chi connectivity index (χ3v) is 2.94. The molecule has 1 fully saturated rings. The quantitative estimate of drug-likeness (QED) is 0.758. The Hall–Kier alpha value is -0.600. The van der Waals surface area contributed by atoms with Crippen molar-refractivity contribution in [3.8, 4) is 0 Å². The first-order chi connectivity index (χ1) is 6.84. The van der Waals surface area contributed by atoms with Crippen LogP contribution in [-0.4, -0.2) is 18.1 Å². The highest BCUT2D eigenvalue weighted by atomic mass is 35.5. The third-order valence-electron chi connectivity index (χ3n) is 2.71. The molecule has 1 saturated heterocycles. The molecule has 0 radical (unpaired) electrons. The zero-order valence-electron chi connectivity index (χ0n) is 8.17. The molecule has 0 amide bonds. The Morgan fingerprint density at radius 2 is 2.43 bits per heavy atom. The van der Waals surface area contributed by atoms with Crippen molar-refractivity contribution >= 4 is 11.6 Å². The van der Waals surface area contributed by atoms with E-state index in [1.54, 1.807) is 0 Å². The highest BCUT2D eigenvalue weighted by Crippen LogP contribution is 2.16. The molecule has 1 aliphatic rings. The van der Waals surface area contributed by atoms with Crippen LogP contribution < -0.4 is 5.32 Å². The van der Waals surface area contributed by atoms with Gasteiger partial charge in [-0.3, -0.25) is 0 Å². The lowest BCUT2D eigenvalue weighted by Crippen LogP contribution is -2.30. The van der Waals surface area contributed by atoms with E-state index in [0.29, 0.717) is 5.15 Å². The Morgan fingerprint density at radius 3 is 3.07 bits per heavy atom. The van der Waals surface area contributed by atoms with Gasteiger partial charge in [-0.05, 0) is 49.9 Å². The Morgan fingerprint density at radius 1 is 1.50 bits per heavy atom. The molecule has 2 nitrogen and oxygen atoms in total. The Balaban J connectivity index is 1.92. The van der Waals surface area contributed by atoms with E-state index in [1.807, 2.05) is 12.3 Å². The number of aromatic nitrogens is 1.